The highest BCUT2D eigenvalue weighted by Gasteiger charge is 2.37. The van der Waals surface area contributed by atoms with Crippen LogP contribution in [0.25, 0.3) is 0 Å². The van der Waals surface area contributed by atoms with Crippen molar-refractivity contribution in [2.45, 2.75) is 37.9 Å². The Bertz CT molecular complexity index is 822. The van der Waals surface area contributed by atoms with Crippen LogP contribution in [0.15, 0.2) is 30.3 Å². The van der Waals surface area contributed by atoms with Crippen LogP contribution in [0.3, 0.4) is 0 Å². The number of rotatable bonds is 7. The molecule has 0 spiro atoms. The Morgan fingerprint density at radius 1 is 1.17 bits per heavy atom. The topological polar surface area (TPSA) is 96.0 Å². The molecule has 0 saturated carbocycles. The summed E-state index contributed by atoms with van der Waals surface area (Å²) in [7, 11) is -1.64. The van der Waals surface area contributed by atoms with Gasteiger partial charge in [0.2, 0.25) is 0 Å². The van der Waals surface area contributed by atoms with Gasteiger partial charge in [-0.25, -0.2) is 8.42 Å². The van der Waals surface area contributed by atoms with Crippen LogP contribution < -0.4 is 5.32 Å². The highest BCUT2D eigenvalue weighted by Crippen LogP contribution is 2.19. The number of nitrogens with zero attached hydrogens (tertiary/aromatic N) is 2. The molecular weight excluding hydrogens is 406 g/mol. The van der Waals surface area contributed by atoms with Gasteiger partial charge in [0, 0.05) is 45.4 Å². The summed E-state index contributed by atoms with van der Waals surface area (Å²) in [6.07, 6.45) is 1.92. The van der Waals surface area contributed by atoms with Gasteiger partial charge in [-0.3, -0.25) is 14.5 Å². The molecule has 1 aromatic carbocycles. The highest BCUT2D eigenvalue weighted by molar-refractivity contribution is 7.91. The Hall–Kier alpha value is -1.97. The molecule has 0 radical (unpaired) electrons. The Morgan fingerprint density at radius 2 is 1.87 bits per heavy atom. The molecule has 2 saturated heterocycles. The zero-order chi connectivity index (χ0) is 21.6. The minimum absolute atomic E-state index is 0.0509. The molecule has 0 aromatic heterocycles. The lowest BCUT2D eigenvalue weighted by atomic mass is 10.0. The number of sulfone groups is 1. The summed E-state index contributed by atoms with van der Waals surface area (Å²) in [6, 6.07) is 9.74. The van der Waals surface area contributed by atoms with Crippen LogP contribution in [0.2, 0.25) is 0 Å². The average molecular weight is 438 g/mol. The summed E-state index contributed by atoms with van der Waals surface area (Å²) in [5.74, 6) is -1.36. The molecule has 2 amide bonds. The van der Waals surface area contributed by atoms with E-state index in [1.165, 1.54) is 17.6 Å². The highest BCUT2D eigenvalue weighted by atomic mass is 32.2. The predicted octanol–water partition coefficient (Wildman–Crippen LogP) is 0.429. The number of nitrogens with one attached hydrogen (secondary N) is 1. The van der Waals surface area contributed by atoms with Crippen LogP contribution in [0.1, 0.15) is 24.8 Å². The van der Waals surface area contributed by atoms with Gasteiger partial charge < -0.3 is 15.0 Å². The fraction of sp³-hybridized carbons (Fsp3) is 0.619. The number of carbonyl (C=O) groups is 2. The SMILES string of the molecule is COCCN(C(=O)C(=O)NC1CCN(Cc2ccccc2)CC1)C1CCS(=O)(=O)C1. The van der Waals surface area contributed by atoms with Gasteiger partial charge in [-0.1, -0.05) is 30.3 Å². The van der Waals surface area contributed by atoms with E-state index in [0.717, 1.165) is 32.5 Å². The van der Waals surface area contributed by atoms with Crippen molar-refractivity contribution in [3.8, 4) is 0 Å². The summed E-state index contributed by atoms with van der Waals surface area (Å²) in [5, 5.41) is 2.86. The first-order chi connectivity index (χ1) is 14.4. The number of piperidine rings is 1. The number of carbonyl (C=O) groups excluding carboxylic acids is 2. The van der Waals surface area contributed by atoms with Crippen molar-refractivity contribution in [1.29, 1.82) is 0 Å². The molecule has 9 heteroatoms. The van der Waals surface area contributed by atoms with E-state index < -0.39 is 27.7 Å². The largest absolute Gasteiger partial charge is 0.383 e. The monoisotopic (exact) mass is 437 g/mol. The molecule has 0 bridgehead atoms. The first kappa shape index (κ1) is 22.7. The van der Waals surface area contributed by atoms with Crippen LogP contribution in [0, 0.1) is 0 Å². The maximum absolute atomic E-state index is 12.8. The minimum Gasteiger partial charge on any atom is -0.383 e. The van der Waals surface area contributed by atoms with Gasteiger partial charge in [0.25, 0.3) is 0 Å². The van der Waals surface area contributed by atoms with Crippen molar-refractivity contribution in [3.05, 3.63) is 35.9 Å². The molecule has 2 heterocycles. The third kappa shape index (κ3) is 6.26. The fourth-order valence-corrected chi connectivity index (χ4v) is 5.85. The van der Waals surface area contributed by atoms with Crippen LogP contribution >= 0.6 is 0 Å². The Labute approximate surface area is 178 Å². The van der Waals surface area contributed by atoms with Gasteiger partial charge in [0.05, 0.1) is 18.1 Å². The third-order valence-corrected chi connectivity index (χ3v) is 7.56. The zero-order valence-electron chi connectivity index (χ0n) is 17.5. The van der Waals surface area contributed by atoms with Gasteiger partial charge in [-0.15, -0.1) is 0 Å². The third-order valence-electron chi connectivity index (χ3n) is 5.81. The van der Waals surface area contributed by atoms with Crippen molar-refractivity contribution in [3.63, 3.8) is 0 Å². The van der Waals surface area contributed by atoms with Crippen LogP contribution in [-0.2, 0) is 30.7 Å². The van der Waals surface area contributed by atoms with Crippen molar-refractivity contribution >= 4 is 21.7 Å². The van der Waals surface area contributed by atoms with E-state index in [2.05, 4.69) is 22.3 Å². The summed E-state index contributed by atoms with van der Waals surface area (Å²) in [4.78, 5) is 29.1. The van der Waals surface area contributed by atoms with Crippen LogP contribution in [0.5, 0.6) is 0 Å². The lowest BCUT2D eigenvalue weighted by Crippen LogP contribution is -2.53. The van der Waals surface area contributed by atoms with E-state index in [4.69, 9.17) is 4.74 Å². The number of hydrogen-bond donors (Lipinski definition) is 1. The van der Waals surface area contributed by atoms with Gasteiger partial charge in [0.1, 0.15) is 0 Å². The zero-order valence-corrected chi connectivity index (χ0v) is 18.3. The van der Waals surface area contributed by atoms with Crippen LogP contribution in [-0.4, -0.2) is 87.0 Å². The van der Waals surface area contributed by atoms with Crippen molar-refractivity contribution < 1.29 is 22.7 Å². The summed E-state index contributed by atoms with van der Waals surface area (Å²) < 4.78 is 28.7. The molecule has 1 N–H and O–H groups in total. The predicted molar refractivity (Wildman–Crippen MR) is 114 cm³/mol. The van der Waals surface area contributed by atoms with Gasteiger partial charge in [0.15, 0.2) is 9.84 Å². The Balaban J connectivity index is 1.50. The molecule has 166 valence electrons. The van der Waals surface area contributed by atoms with E-state index >= 15 is 0 Å². The molecule has 3 rings (SSSR count). The molecule has 1 unspecified atom stereocenters. The van der Waals surface area contributed by atoms with Crippen molar-refractivity contribution in [1.82, 2.24) is 15.1 Å². The number of ether oxygens (including phenoxy) is 1. The fourth-order valence-electron chi connectivity index (χ4n) is 4.12. The molecule has 30 heavy (non-hydrogen) atoms. The van der Waals surface area contributed by atoms with Gasteiger partial charge in [-0.2, -0.15) is 0 Å². The molecule has 1 atom stereocenters. The lowest BCUT2D eigenvalue weighted by molar-refractivity contribution is -0.148. The van der Waals surface area contributed by atoms with E-state index in [-0.39, 0.29) is 30.7 Å². The molecule has 8 nitrogen and oxygen atoms in total. The summed E-state index contributed by atoms with van der Waals surface area (Å²) in [5.41, 5.74) is 1.26. The second kappa shape index (κ2) is 10.4. The lowest BCUT2D eigenvalue weighted by Gasteiger charge is -2.33. The second-order valence-electron chi connectivity index (χ2n) is 8.06. The quantitative estimate of drug-likeness (QED) is 0.622. The minimum atomic E-state index is -3.16. The second-order valence-corrected chi connectivity index (χ2v) is 10.3. The maximum atomic E-state index is 12.8. The number of amides is 2. The van der Waals surface area contributed by atoms with Gasteiger partial charge >= 0.3 is 11.8 Å². The number of likely N-dealkylation sites (tertiary alicyclic amines) is 1. The summed E-state index contributed by atoms with van der Waals surface area (Å²) in [6.45, 7) is 3.04. The van der Waals surface area contributed by atoms with Crippen molar-refractivity contribution in [2.75, 3.05) is 44.9 Å². The van der Waals surface area contributed by atoms with E-state index in [1.807, 2.05) is 18.2 Å². The first-order valence-electron chi connectivity index (χ1n) is 10.4. The molecule has 2 fully saturated rings. The number of benzene rings is 1. The molecule has 1 aromatic rings. The average Bonchev–Trinajstić information content (AvgIpc) is 3.09. The Morgan fingerprint density at radius 3 is 2.47 bits per heavy atom. The summed E-state index contributed by atoms with van der Waals surface area (Å²) >= 11 is 0. The molecule has 0 aliphatic carbocycles. The van der Waals surface area contributed by atoms with Crippen LogP contribution in [0.4, 0.5) is 0 Å². The smallest absolute Gasteiger partial charge is 0.312 e. The van der Waals surface area contributed by atoms with Gasteiger partial charge in [-0.05, 0) is 24.8 Å². The maximum Gasteiger partial charge on any atom is 0.312 e. The number of hydrogen-bond acceptors (Lipinski definition) is 6. The first-order valence-corrected chi connectivity index (χ1v) is 12.3. The van der Waals surface area contributed by atoms with E-state index in [1.54, 1.807) is 0 Å². The van der Waals surface area contributed by atoms with E-state index in [9.17, 15) is 18.0 Å². The molecular formula is C21H31N3O5S. The number of methoxy groups -OCH3 is 1. The van der Waals surface area contributed by atoms with E-state index in [0.29, 0.717) is 6.42 Å². The Kier molecular flexibility index (Phi) is 7.85. The van der Waals surface area contributed by atoms with Crippen molar-refractivity contribution in [2.24, 2.45) is 0 Å². The normalized spacial score (nSPS) is 22.0. The molecule has 2 aliphatic heterocycles. The standard InChI is InChI=1S/C21H31N3O5S/c1-29-13-12-24(19-9-14-30(27,28)16-19)21(26)20(25)22-18-7-10-23(11-8-18)15-17-5-3-2-4-6-17/h2-6,18-19H,7-16H2,1H3,(H,22,25). The molecule has 2 aliphatic rings.